The molecule has 512 valence electrons. The number of nitrogens with zero attached hydrogens (tertiary/aromatic N) is 4. The largest absolute Gasteiger partial charge is 0.456 e. The number of fused-ring (bicyclic) bond motifs is 21. The van der Waals surface area contributed by atoms with Crippen LogP contribution in [0.3, 0.4) is 0 Å². The van der Waals surface area contributed by atoms with Gasteiger partial charge in [0.05, 0.1) is 44.1 Å². The molecule has 24 aromatic rings. The van der Waals surface area contributed by atoms with Gasteiger partial charge in [0.25, 0.3) is 0 Å². The highest BCUT2D eigenvalue weighted by Crippen LogP contribution is 2.46. The first kappa shape index (κ1) is 61.6. The number of furan rings is 2. The zero-order valence-electron chi connectivity index (χ0n) is 59.6. The molecule has 0 fully saturated rings. The van der Waals surface area contributed by atoms with E-state index < -0.39 is 0 Å². The molecule has 6 heteroatoms. The van der Waals surface area contributed by atoms with Crippen LogP contribution in [0.25, 0.3) is 220 Å². The molecule has 0 spiro atoms. The van der Waals surface area contributed by atoms with Crippen LogP contribution in [-0.4, -0.2) is 18.3 Å². The first-order chi connectivity index (χ1) is 54.5. The van der Waals surface area contributed by atoms with Crippen molar-refractivity contribution in [2.75, 3.05) is 0 Å². The number of para-hydroxylation sites is 4. The topological polar surface area (TPSA) is 46.0 Å². The van der Waals surface area contributed by atoms with E-state index in [1.165, 1.54) is 143 Å². The van der Waals surface area contributed by atoms with Crippen molar-refractivity contribution in [3.63, 3.8) is 0 Å². The summed E-state index contributed by atoms with van der Waals surface area (Å²) in [6, 6.07) is 141. The molecule has 0 aliphatic heterocycles. The smallest absolute Gasteiger partial charge is 0.136 e. The van der Waals surface area contributed by atoms with Gasteiger partial charge >= 0.3 is 0 Å². The summed E-state index contributed by atoms with van der Waals surface area (Å²) in [5.41, 5.74) is 27.2. The molecule has 6 nitrogen and oxygen atoms in total. The zero-order valence-corrected chi connectivity index (χ0v) is 59.6. The maximum absolute atomic E-state index is 6.46. The summed E-state index contributed by atoms with van der Waals surface area (Å²) >= 11 is 0. The van der Waals surface area contributed by atoms with E-state index in [-0.39, 0.29) is 0 Å². The highest BCUT2D eigenvalue weighted by Gasteiger charge is 2.24. The molecule has 0 atom stereocenters. The fourth-order valence-corrected chi connectivity index (χ4v) is 17.9. The van der Waals surface area contributed by atoms with E-state index in [0.717, 1.165) is 77.3 Å². The van der Waals surface area contributed by atoms with Crippen LogP contribution in [0.4, 0.5) is 0 Å². The van der Waals surface area contributed by atoms with Crippen molar-refractivity contribution in [3.8, 4) is 67.3 Å². The highest BCUT2D eigenvalue weighted by atomic mass is 16.3. The van der Waals surface area contributed by atoms with Gasteiger partial charge in [0.2, 0.25) is 0 Å². The Kier molecular flexibility index (Phi) is 13.7. The van der Waals surface area contributed by atoms with Crippen LogP contribution >= 0.6 is 0 Å². The van der Waals surface area contributed by atoms with Crippen LogP contribution in [0.1, 0.15) is 0 Å². The Morgan fingerprint density at radius 3 is 1.05 bits per heavy atom. The summed E-state index contributed by atoms with van der Waals surface area (Å²) in [7, 11) is 0. The van der Waals surface area contributed by atoms with Gasteiger partial charge in [-0.05, 0) is 212 Å². The van der Waals surface area contributed by atoms with Gasteiger partial charge in [-0.15, -0.1) is 0 Å². The van der Waals surface area contributed by atoms with Gasteiger partial charge in [0, 0.05) is 87.4 Å². The lowest BCUT2D eigenvalue weighted by Gasteiger charge is -2.11. The summed E-state index contributed by atoms with van der Waals surface area (Å²) in [5, 5.41) is 19.3. The summed E-state index contributed by atoms with van der Waals surface area (Å²) in [6.07, 6.45) is 0. The Hall–Kier alpha value is -14.7. The quantitative estimate of drug-likeness (QED) is 0.152. The third-order valence-corrected chi connectivity index (χ3v) is 22.9. The van der Waals surface area contributed by atoms with E-state index >= 15 is 0 Å². The van der Waals surface area contributed by atoms with Crippen molar-refractivity contribution in [2.24, 2.45) is 0 Å². The van der Waals surface area contributed by atoms with Crippen molar-refractivity contribution >= 4 is 153 Å². The summed E-state index contributed by atoms with van der Waals surface area (Å²) in [4.78, 5) is 0. The average Bonchev–Trinajstić information content (AvgIpc) is 1.57. The molecule has 0 radical (unpaired) electrons. The van der Waals surface area contributed by atoms with Crippen LogP contribution in [-0.2, 0) is 0 Å². The summed E-state index contributed by atoms with van der Waals surface area (Å²) in [5.74, 6) is 0. The van der Waals surface area contributed by atoms with E-state index in [9.17, 15) is 0 Å². The lowest BCUT2D eigenvalue weighted by Crippen LogP contribution is -1.94. The van der Waals surface area contributed by atoms with Crippen LogP contribution in [0.2, 0.25) is 0 Å². The molecule has 0 bridgehead atoms. The molecule has 110 heavy (non-hydrogen) atoms. The third-order valence-electron chi connectivity index (χ3n) is 22.9. The fourth-order valence-electron chi connectivity index (χ4n) is 17.9. The second-order valence-electron chi connectivity index (χ2n) is 29.1. The Morgan fingerprint density at radius 1 is 0.145 bits per heavy atom. The minimum atomic E-state index is 0.902. The predicted octanol–water partition coefficient (Wildman–Crippen LogP) is 28.5. The second-order valence-corrected chi connectivity index (χ2v) is 29.1. The zero-order chi connectivity index (χ0) is 72.1. The van der Waals surface area contributed by atoms with E-state index in [1.807, 2.05) is 12.1 Å². The minimum absolute atomic E-state index is 0.902. The van der Waals surface area contributed by atoms with Crippen molar-refractivity contribution < 1.29 is 8.83 Å². The van der Waals surface area contributed by atoms with Crippen molar-refractivity contribution in [1.29, 1.82) is 0 Å². The van der Waals surface area contributed by atoms with Gasteiger partial charge in [-0.25, -0.2) is 0 Å². The van der Waals surface area contributed by atoms with Gasteiger partial charge in [0.1, 0.15) is 22.3 Å². The predicted molar refractivity (Wildman–Crippen MR) is 462 cm³/mol. The minimum Gasteiger partial charge on any atom is -0.456 e. The average molecular weight is 1400 g/mol. The van der Waals surface area contributed by atoms with Crippen LogP contribution in [0, 0.1) is 0 Å². The summed E-state index contributed by atoms with van der Waals surface area (Å²) < 4.78 is 22.6. The first-order valence-corrected chi connectivity index (χ1v) is 37.7. The normalized spacial score (nSPS) is 12.0. The monoisotopic (exact) mass is 1400 g/mol. The first-order valence-electron chi connectivity index (χ1n) is 37.7. The van der Waals surface area contributed by atoms with Gasteiger partial charge in [-0.3, -0.25) is 0 Å². The van der Waals surface area contributed by atoms with Crippen molar-refractivity contribution in [1.82, 2.24) is 18.3 Å². The molecule has 6 aromatic heterocycles. The number of hydrogen-bond acceptors (Lipinski definition) is 2. The summed E-state index contributed by atoms with van der Waals surface area (Å²) in [6.45, 7) is 0. The lowest BCUT2D eigenvalue weighted by molar-refractivity contribution is 0.669. The third kappa shape index (κ3) is 9.69. The molecule has 0 unspecified atom stereocenters. The second kappa shape index (κ2) is 24.4. The molecule has 24 rings (SSSR count). The standard InChI is InChI=1S/2C52H32N2O/c1-2-11-33(12-3-1)36-15-10-16-39(27-36)54-49-26-23-38(30-44(49)45-32-52-46(31-50(45)54)42-18-7-9-20-51(42)55-52)37-22-25-48-43(29-37)41-17-6-8-19-47(41)53(48)40-24-21-34-13-4-5-14-35(34)28-40;1-2-11-33(12-3-1)36-15-10-16-39(29-36)54-47-26-23-38(32-44(47)51-48(54)27-28-50-52(51)42-18-7-9-20-49(42)55-50)37-22-25-46-43(31-37)41-17-6-8-19-45(41)53(46)40-24-21-34-13-4-5-14-35(34)30-40/h2*1-32H. The van der Waals surface area contributed by atoms with Gasteiger partial charge in [0.15, 0.2) is 0 Å². The molecular formula is C104H64N4O2. The molecule has 0 amide bonds. The Morgan fingerprint density at radius 2 is 0.509 bits per heavy atom. The van der Waals surface area contributed by atoms with Crippen LogP contribution < -0.4 is 0 Å². The SMILES string of the molecule is c1ccc(-c2cccc(-n3c4ccc(-c5ccc6c(c5)c5ccccc5n6-c5ccc6ccccc6c5)cc4c4c5c(ccc43)oc3ccccc35)c2)cc1.c1ccc(-c2cccc(-n3c4ccc(-c5ccc6c(c5)c5ccccc5n6-c5ccc6ccccc6c5)cc4c4cc5oc6ccccc6c5cc43)c2)cc1. The number of aromatic nitrogens is 4. The highest BCUT2D eigenvalue weighted by molar-refractivity contribution is 6.28. The molecule has 0 saturated carbocycles. The Bertz CT molecular complexity index is 7830. The van der Waals surface area contributed by atoms with E-state index in [4.69, 9.17) is 8.83 Å². The van der Waals surface area contributed by atoms with Crippen LogP contribution in [0.15, 0.2) is 397 Å². The molecular weight excluding hydrogens is 1340 g/mol. The van der Waals surface area contributed by atoms with Crippen LogP contribution in [0.5, 0.6) is 0 Å². The fraction of sp³-hybridized carbons (Fsp3) is 0. The Balaban J connectivity index is 0.000000132. The van der Waals surface area contributed by atoms with Gasteiger partial charge in [-0.2, -0.15) is 0 Å². The number of hydrogen-bond donors (Lipinski definition) is 0. The molecule has 0 aliphatic rings. The molecule has 6 heterocycles. The maximum Gasteiger partial charge on any atom is 0.136 e. The van der Waals surface area contributed by atoms with Crippen molar-refractivity contribution in [3.05, 3.63) is 388 Å². The van der Waals surface area contributed by atoms with E-state index in [0.29, 0.717) is 0 Å². The molecule has 0 saturated heterocycles. The van der Waals surface area contributed by atoms with Gasteiger partial charge in [-0.1, -0.05) is 243 Å². The Labute approximate surface area is 631 Å². The van der Waals surface area contributed by atoms with Gasteiger partial charge < -0.3 is 27.1 Å². The number of rotatable bonds is 8. The molecule has 0 aliphatic carbocycles. The number of benzene rings is 18. The molecule has 0 N–H and O–H groups in total. The van der Waals surface area contributed by atoms with E-state index in [1.54, 1.807) is 0 Å². The molecule has 18 aromatic carbocycles. The van der Waals surface area contributed by atoms with E-state index in [2.05, 4.69) is 394 Å². The maximum atomic E-state index is 6.46. The lowest BCUT2D eigenvalue weighted by atomic mass is 9.99. The van der Waals surface area contributed by atoms with Crippen molar-refractivity contribution in [2.45, 2.75) is 0 Å².